The molecule has 0 atom stereocenters. The van der Waals surface area contributed by atoms with E-state index in [0.717, 1.165) is 11.3 Å². The van der Waals surface area contributed by atoms with Gasteiger partial charge < -0.3 is 9.64 Å². The van der Waals surface area contributed by atoms with Gasteiger partial charge in [0.2, 0.25) is 5.43 Å². The van der Waals surface area contributed by atoms with Gasteiger partial charge in [0.1, 0.15) is 12.4 Å². The van der Waals surface area contributed by atoms with Crippen LogP contribution in [0.4, 0.5) is 0 Å². The van der Waals surface area contributed by atoms with Gasteiger partial charge in [-0.1, -0.05) is 35.9 Å². The van der Waals surface area contributed by atoms with Crippen LogP contribution < -0.4 is 10.2 Å². The second-order valence-corrected chi connectivity index (χ2v) is 7.16. The highest BCUT2D eigenvalue weighted by Gasteiger charge is 2.19. The third kappa shape index (κ3) is 4.84. The zero-order valence-corrected chi connectivity index (χ0v) is 17.3. The number of benzene rings is 2. The minimum Gasteiger partial charge on any atom is -0.492 e. The van der Waals surface area contributed by atoms with Crippen LogP contribution in [0, 0.1) is 13.8 Å². The van der Waals surface area contributed by atoms with Crippen LogP contribution in [0.15, 0.2) is 59.4 Å². The summed E-state index contributed by atoms with van der Waals surface area (Å²) in [6.45, 7) is 4.34. The molecule has 1 amide bonds. The number of aryl methyl sites for hydroxylation is 2. The normalized spacial score (nSPS) is 10.6. The van der Waals surface area contributed by atoms with Crippen molar-refractivity contribution in [1.29, 1.82) is 0 Å². The predicted octanol–water partition coefficient (Wildman–Crippen LogP) is 3.65. The molecule has 0 spiro atoms. The summed E-state index contributed by atoms with van der Waals surface area (Å²) in [5.41, 5.74) is 1.70. The van der Waals surface area contributed by atoms with E-state index in [1.807, 2.05) is 37.3 Å². The van der Waals surface area contributed by atoms with Crippen LogP contribution in [0.5, 0.6) is 5.75 Å². The van der Waals surface area contributed by atoms with Crippen molar-refractivity contribution in [1.82, 2.24) is 14.7 Å². The minimum atomic E-state index is -0.469. The van der Waals surface area contributed by atoms with E-state index in [0.29, 0.717) is 29.6 Å². The van der Waals surface area contributed by atoms with Gasteiger partial charge in [0.05, 0.1) is 17.3 Å². The van der Waals surface area contributed by atoms with Crippen LogP contribution >= 0.6 is 11.6 Å². The van der Waals surface area contributed by atoms with Gasteiger partial charge in [-0.15, -0.1) is 0 Å². The van der Waals surface area contributed by atoms with Gasteiger partial charge in [-0.05, 0) is 43.7 Å². The molecule has 0 radical (unpaired) electrons. The van der Waals surface area contributed by atoms with Gasteiger partial charge in [0.25, 0.3) is 5.91 Å². The van der Waals surface area contributed by atoms with E-state index in [9.17, 15) is 9.59 Å². The number of likely N-dealkylation sites (N-methyl/N-ethyl adjacent to an activating group) is 1. The van der Waals surface area contributed by atoms with Crippen molar-refractivity contribution in [3.63, 3.8) is 0 Å². The summed E-state index contributed by atoms with van der Waals surface area (Å²) in [5, 5.41) is 4.77. The lowest BCUT2D eigenvalue weighted by molar-refractivity contribution is 0.0764. The number of rotatable bonds is 6. The number of aromatic nitrogens is 2. The molecule has 0 N–H and O–H groups in total. The van der Waals surface area contributed by atoms with Crippen molar-refractivity contribution in [2.75, 3.05) is 20.2 Å². The molecule has 2 aromatic carbocycles. The fourth-order valence-corrected chi connectivity index (χ4v) is 3.07. The second-order valence-electron chi connectivity index (χ2n) is 6.75. The van der Waals surface area contributed by atoms with Crippen molar-refractivity contribution in [2.45, 2.75) is 13.8 Å². The second kappa shape index (κ2) is 8.92. The summed E-state index contributed by atoms with van der Waals surface area (Å²) in [7, 11) is 1.61. The van der Waals surface area contributed by atoms with Crippen LogP contribution in [0.2, 0.25) is 5.02 Å². The Hall–Kier alpha value is -3.12. The number of ether oxygens (including phenoxy) is 1. The van der Waals surface area contributed by atoms with E-state index in [1.165, 1.54) is 15.6 Å². The maximum Gasteiger partial charge on any atom is 0.278 e. The third-order valence-corrected chi connectivity index (χ3v) is 4.74. The lowest BCUT2D eigenvalue weighted by Gasteiger charge is -2.18. The Labute approximate surface area is 174 Å². The Kier molecular flexibility index (Phi) is 6.34. The summed E-state index contributed by atoms with van der Waals surface area (Å²) in [5.74, 6) is 0.268. The van der Waals surface area contributed by atoms with Crippen molar-refractivity contribution in [3.8, 4) is 11.4 Å². The average Bonchev–Trinajstić information content (AvgIpc) is 2.68. The molecule has 29 heavy (non-hydrogen) atoms. The zero-order valence-electron chi connectivity index (χ0n) is 16.6. The van der Waals surface area contributed by atoms with Crippen molar-refractivity contribution in [2.24, 2.45) is 0 Å². The standard InChI is InChI=1S/C22H22ClN3O3/c1-15-7-6-8-17(13-15)29-12-11-25(3)22(28)21-20(27)14-16(2)26(24-21)19-10-5-4-9-18(19)23/h4-10,13-14H,11-12H2,1-3H3. The Morgan fingerprint density at radius 1 is 1.14 bits per heavy atom. The SMILES string of the molecule is Cc1cccc(OCCN(C)C(=O)c2nn(-c3ccccc3Cl)c(C)cc2=O)c1. The van der Waals surface area contributed by atoms with E-state index in [4.69, 9.17) is 16.3 Å². The van der Waals surface area contributed by atoms with E-state index in [-0.39, 0.29) is 5.69 Å². The molecule has 0 bridgehead atoms. The summed E-state index contributed by atoms with van der Waals surface area (Å²) in [4.78, 5) is 26.6. The number of carbonyl (C=O) groups is 1. The van der Waals surface area contributed by atoms with Gasteiger partial charge in [0, 0.05) is 18.8 Å². The number of hydrogen-bond donors (Lipinski definition) is 0. The molecular weight excluding hydrogens is 390 g/mol. The van der Waals surface area contributed by atoms with Crippen LogP contribution in [0.1, 0.15) is 21.7 Å². The van der Waals surface area contributed by atoms with Crippen LogP contribution in [0.25, 0.3) is 5.69 Å². The first-order chi connectivity index (χ1) is 13.9. The van der Waals surface area contributed by atoms with Crippen molar-refractivity contribution >= 4 is 17.5 Å². The minimum absolute atomic E-state index is 0.159. The maximum absolute atomic E-state index is 12.8. The third-order valence-electron chi connectivity index (χ3n) is 4.42. The average molecular weight is 412 g/mol. The molecule has 7 heteroatoms. The topological polar surface area (TPSA) is 64.4 Å². The van der Waals surface area contributed by atoms with Crippen LogP contribution in [0.3, 0.4) is 0 Å². The highest BCUT2D eigenvalue weighted by molar-refractivity contribution is 6.32. The molecule has 150 valence electrons. The molecule has 0 aliphatic carbocycles. The van der Waals surface area contributed by atoms with E-state index < -0.39 is 11.3 Å². The maximum atomic E-state index is 12.8. The Morgan fingerprint density at radius 2 is 1.90 bits per heavy atom. The molecule has 1 aromatic heterocycles. The van der Waals surface area contributed by atoms with Crippen LogP contribution in [-0.2, 0) is 0 Å². The molecule has 0 fully saturated rings. The highest BCUT2D eigenvalue weighted by atomic mass is 35.5. The summed E-state index contributed by atoms with van der Waals surface area (Å²) >= 11 is 6.25. The molecule has 0 aliphatic rings. The van der Waals surface area contributed by atoms with Gasteiger partial charge in [0.15, 0.2) is 5.69 Å². The monoisotopic (exact) mass is 411 g/mol. The number of amides is 1. The number of nitrogens with zero attached hydrogens (tertiary/aromatic N) is 3. The van der Waals surface area contributed by atoms with Gasteiger partial charge in [-0.2, -0.15) is 5.10 Å². The largest absolute Gasteiger partial charge is 0.492 e. The summed E-state index contributed by atoms with van der Waals surface area (Å²) < 4.78 is 7.19. The molecule has 3 aromatic rings. The van der Waals surface area contributed by atoms with Gasteiger partial charge >= 0.3 is 0 Å². The Bertz CT molecular complexity index is 1090. The van der Waals surface area contributed by atoms with Gasteiger partial charge in [-0.25, -0.2) is 4.68 Å². The zero-order chi connectivity index (χ0) is 21.0. The number of hydrogen-bond acceptors (Lipinski definition) is 4. The molecule has 0 saturated carbocycles. The molecule has 0 unspecified atom stereocenters. The molecule has 1 heterocycles. The Morgan fingerprint density at radius 3 is 2.62 bits per heavy atom. The van der Waals surface area contributed by atoms with Crippen LogP contribution in [-0.4, -0.2) is 40.8 Å². The number of para-hydroxylation sites is 1. The number of carbonyl (C=O) groups excluding carboxylic acids is 1. The lowest BCUT2D eigenvalue weighted by atomic mass is 10.2. The smallest absolute Gasteiger partial charge is 0.278 e. The van der Waals surface area contributed by atoms with Gasteiger partial charge in [-0.3, -0.25) is 9.59 Å². The van der Waals surface area contributed by atoms with E-state index in [2.05, 4.69) is 5.10 Å². The molecular formula is C22H22ClN3O3. The molecule has 3 rings (SSSR count). The Balaban J connectivity index is 1.77. The fraction of sp³-hybridized carbons (Fsp3) is 0.227. The molecule has 6 nitrogen and oxygen atoms in total. The fourth-order valence-electron chi connectivity index (χ4n) is 2.85. The quantitative estimate of drug-likeness (QED) is 0.621. The number of halogens is 1. The summed E-state index contributed by atoms with van der Waals surface area (Å²) in [6.07, 6.45) is 0. The van der Waals surface area contributed by atoms with Crippen molar-refractivity contribution < 1.29 is 9.53 Å². The first-order valence-corrected chi connectivity index (χ1v) is 9.55. The first kappa shape index (κ1) is 20.6. The molecule has 0 aliphatic heterocycles. The van der Waals surface area contributed by atoms with E-state index in [1.54, 1.807) is 32.2 Å². The van der Waals surface area contributed by atoms with E-state index >= 15 is 0 Å². The van der Waals surface area contributed by atoms with Crippen molar-refractivity contribution in [3.05, 3.63) is 86.8 Å². The molecule has 0 saturated heterocycles. The lowest BCUT2D eigenvalue weighted by Crippen LogP contribution is -2.36. The first-order valence-electron chi connectivity index (χ1n) is 9.17. The highest BCUT2D eigenvalue weighted by Crippen LogP contribution is 2.20. The predicted molar refractivity (Wildman–Crippen MR) is 113 cm³/mol. The summed E-state index contributed by atoms with van der Waals surface area (Å²) in [6, 6.07) is 16.2.